The van der Waals surface area contributed by atoms with E-state index < -0.39 is 17.5 Å². The SMILES string of the molecule is COC(C)(C)[C@@H]1CC[C@H](Nc2nc(NCc3c(F)cc(F)cc3F)nc(C)c2-c2nc3c(C)nccc3s2)C1. The van der Waals surface area contributed by atoms with Gasteiger partial charge in [0, 0.05) is 43.6 Å². The molecule has 0 unspecified atom stereocenters. The van der Waals surface area contributed by atoms with Crippen molar-refractivity contribution >= 4 is 33.3 Å². The number of halogens is 3. The molecule has 1 aliphatic rings. The van der Waals surface area contributed by atoms with Crippen LogP contribution in [-0.4, -0.2) is 38.7 Å². The molecule has 2 atom stereocenters. The molecule has 2 N–H and O–H groups in total. The van der Waals surface area contributed by atoms with Gasteiger partial charge in [0.2, 0.25) is 5.95 Å². The topological polar surface area (TPSA) is 84.9 Å². The quantitative estimate of drug-likeness (QED) is 0.247. The summed E-state index contributed by atoms with van der Waals surface area (Å²) in [5, 5.41) is 7.28. The summed E-state index contributed by atoms with van der Waals surface area (Å²) in [6.45, 7) is 7.75. The van der Waals surface area contributed by atoms with E-state index in [9.17, 15) is 13.2 Å². The Morgan fingerprint density at radius 1 is 1.05 bits per heavy atom. The first-order chi connectivity index (χ1) is 18.6. The second-order valence-corrected chi connectivity index (χ2v) is 11.5. The summed E-state index contributed by atoms with van der Waals surface area (Å²) >= 11 is 1.53. The highest BCUT2D eigenvalue weighted by atomic mass is 32.1. The molecule has 7 nitrogen and oxygen atoms in total. The number of anilines is 2. The third-order valence-corrected chi connectivity index (χ3v) is 8.64. The highest BCUT2D eigenvalue weighted by molar-refractivity contribution is 7.21. The Morgan fingerprint density at radius 3 is 2.49 bits per heavy atom. The molecule has 1 aromatic carbocycles. The second-order valence-electron chi connectivity index (χ2n) is 10.5. The molecular formula is C28H31F3N6OS. The smallest absolute Gasteiger partial charge is 0.225 e. The first-order valence-corrected chi connectivity index (χ1v) is 13.7. The molecule has 3 aromatic heterocycles. The Hall–Kier alpha value is -3.31. The maximum absolute atomic E-state index is 14.2. The van der Waals surface area contributed by atoms with Gasteiger partial charge >= 0.3 is 0 Å². The van der Waals surface area contributed by atoms with Crippen LogP contribution in [0.1, 0.15) is 50.1 Å². The van der Waals surface area contributed by atoms with E-state index in [0.29, 0.717) is 29.6 Å². The van der Waals surface area contributed by atoms with Crippen LogP contribution in [0.5, 0.6) is 0 Å². The minimum Gasteiger partial charge on any atom is -0.379 e. The van der Waals surface area contributed by atoms with E-state index >= 15 is 0 Å². The van der Waals surface area contributed by atoms with Crippen molar-refractivity contribution in [3.05, 3.63) is 58.8 Å². The summed E-state index contributed by atoms with van der Waals surface area (Å²) in [5.41, 5.74) is 2.57. The summed E-state index contributed by atoms with van der Waals surface area (Å²) in [4.78, 5) is 18.5. The van der Waals surface area contributed by atoms with Gasteiger partial charge in [0.1, 0.15) is 33.8 Å². The average Bonchev–Trinajstić information content (AvgIpc) is 3.52. The minimum atomic E-state index is -0.970. The summed E-state index contributed by atoms with van der Waals surface area (Å²) in [6, 6.07) is 3.40. The fourth-order valence-electron chi connectivity index (χ4n) is 5.11. The molecule has 0 aliphatic heterocycles. The first-order valence-electron chi connectivity index (χ1n) is 12.9. The number of ether oxygens (including phenoxy) is 1. The van der Waals surface area contributed by atoms with E-state index in [2.05, 4.69) is 34.4 Å². The van der Waals surface area contributed by atoms with Crippen LogP contribution in [-0.2, 0) is 11.3 Å². The van der Waals surface area contributed by atoms with Crippen molar-refractivity contribution in [1.82, 2.24) is 19.9 Å². The lowest BCUT2D eigenvalue weighted by Crippen LogP contribution is -2.32. The van der Waals surface area contributed by atoms with Crippen LogP contribution in [0.3, 0.4) is 0 Å². The summed E-state index contributed by atoms with van der Waals surface area (Å²) in [6.07, 6.45) is 4.62. The molecule has 1 fully saturated rings. The molecule has 0 amide bonds. The maximum Gasteiger partial charge on any atom is 0.225 e. The van der Waals surface area contributed by atoms with Crippen LogP contribution < -0.4 is 10.6 Å². The van der Waals surface area contributed by atoms with Gasteiger partial charge in [0.05, 0.1) is 27.3 Å². The average molecular weight is 557 g/mol. The van der Waals surface area contributed by atoms with Crippen molar-refractivity contribution in [2.45, 2.75) is 65.1 Å². The maximum atomic E-state index is 14.2. The first kappa shape index (κ1) is 27.3. The van der Waals surface area contributed by atoms with Gasteiger partial charge in [0.25, 0.3) is 0 Å². The highest BCUT2D eigenvalue weighted by Crippen LogP contribution is 2.40. The number of hydrogen-bond acceptors (Lipinski definition) is 8. The fraction of sp³-hybridized carbons (Fsp3) is 0.429. The molecule has 0 saturated heterocycles. The number of hydrogen-bond donors (Lipinski definition) is 2. The normalized spacial score (nSPS) is 17.6. The van der Waals surface area contributed by atoms with Gasteiger partial charge < -0.3 is 15.4 Å². The van der Waals surface area contributed by atoms with Crippen molar-refractivity contribution in [2.24, 2.45) is 5.92 Å². The third-order valence-electron chi connectivity index (χ3n) is 7.61. The molecule has 0 bridgehead atoms. The highest BCUT2D eigenvalue weighted by Gasteiger charge is 2.36. The molecule has 206 valence electrons. The number of rotatable bonds is 8. The molecule has 0 spiro atoms. The summed E-state index contributed by atoms with van der Waals surface area (Å²) < 4.78 is 48.6. The number of thiazole rings is 1. The predicted octanol–water partition coefficient (Wildman–Crippen LogP) is 6.80. The van der Waals surface area contributed by atoms with E-state index in [4.69, 9.17) is 14.7 Å². The Labute approximate surface area is 229 Å². The largest absolute Gasteiger partial charge is 0.379 e. The van der Waals surface area contributed by atoms with Crippen molar-refractivity contribution in [2.75, 3.05) is 17.7 Å². The number of nitrogens with zero attached hydrogens (tertiary/aromatic N) is 4. The van der Waals surface area contributed by atoms with Gasteiger partial charge in [-0.05, 0) is 58.9 Å². The van der Waals surface area contributed by atoms with Crippen LogP contribution in [0.25, 0.3) is 20.8 Å². The number of methoxy groups -OCH3 is 1. The van der Waals surface area contributed by atoms with Gasteiger partial charge in [-0.2, -0.15) is 4.98 Å². The molecule has 0 radical (unpaired) electrons. The molecule has 1 saturated carbocycles. The Morgan fingerprint density at radius 2 is 1.79 bits per heavy atom. The molecule has 5 rings (SSSR count). The van der Waals surface area contributed by atoms with Crippen molar-refractivity contribution < 1.29 is 17.9 Å². The van der Waals surface area contributed by atoms with Crippen LogP contribution in [0, 0.1) is 37.2 Å². The molecule has 4 aromatic rings. The van der Waals surface area contributed by atoms with Gasteiger partial charge in [-0.1, -0.05) is 0 Å². The van der Waals surface area contributed by atoms with Crippen molar-refractivity contribution in [3.8, 4) is 10.6 Å². The van der Waals surface area contributed by atoms with E-state index in [0.717, 1.165) is 45.7 Å². The van der Waals surface area contributed by atoms with Gasteiger partial charge in [-0.3, -0.25) is 4.98 Å². The van der Waals surface area contributed by atoms with Gasteiger partial charge in [-0.25, -0.2) is 23.1 Å². The van der Waals surface area contributed by atoms with E-state index in [1.165, 1.54) is 11.3 Å². The van der Waals surface area contributed by atoms with Crippen LogP contribution in [0.4, 0.5) is 24.9 Å². The monoisotopic (exact) mass is 556 g/mol. The van der Waals surface area contributed by atoms with Crippen LogP contribution in [0.2, 0.25) is 0 Å². The number of pyridine rings is 1. The number of aryl methyl sites for hydroxylation is 2. The lowest BCUT2D eigenvalue weighted by molar-refractivity contribution is -0.0258. The lowest BCUT2D eigenvalue weighted by Gasteiger charge is -2.30. The van der Waals surface area contributed by atoms with Crippen molar-refractivity contribution in [3.63, 3.8) is 0 Å². The van der Waals surface area contributed by atoms with Gasteiger partial charge in [0.15, 0.2) is 0 Å². The molecule has 3 heterocycles. The van der Waals surface area contributed by atoms with E-state index in [1.807, 2.05) is 19.9 Å². The van der Waals surface area contributed by atoms with Crippen molar-refractivity contribution in [1.29, 1.82) is 0 Å². The molecule has 11 heteroatoms. The lowest BCUT2D eigenvalue weighted by atomic mass is 9.89. The fourth-order valence-corrected chi connectivity index (χ4v) is 6.22. The number of aromatic nitrogens is 4. The summed E-state index contributed by atoms with van der Waals surface area (Å²) in [5.74, 6) is -1.73. The van der Waals surface area contributed by atoms with Crippen LogP contribution >= 0.6 is 11.3 Å². The number of benzene rings is 1. The third kappa shape index (κ3) is 5.56. The zero-order valence-corrected chi connectivity index (χ0v) is 23.3. The van der Waals surface area contributed by atoms with E-state index in [-0.39, 0.29) is 29.7 Å². The Kier molecular flexibility index (Phi) is 7.47. The zero-order valence-electron chi connectivity index (χ0n) is 22.5. The standard InChI is InChI=1S/C28H31F3N6OS/c1-14-23(26-36-24-15(2)32-9-8-22(24)39-26)25(35-18-7-6-16(10-18)28(3,4)38-5)37-27(34-14)33-13-19-20(30)11-17(29)12-21(19)31/h8-9,11-12,16,18H,6-7,10,13H2,1-5H3,(H2,33,34,35,37)/t16-,18+/m1/s1. The van der Waals surface area contributed by atoms with Crippen LogP contribution in [0.15, 0.2) is 24.4 Å². The molecule has 1 aliphatic carbocycles. The minimum absolute atomic E-state index is 0.148. The number of fused-ring (bicyclic) bond motifs is 1. The molecular weight excluding hydrogens is 525 g/mol. The Balaban J connectivity index is 1.50. The second kappa shape index (κ2) is 10.7. The predicted molar refractivity (Wildman–Crippen MR) is 147 cm³/mol. The Bertz CT molecular complexity index is 1500. The molecule has 39 heavy (non-hydrogen) atoms. The zero-order chi connectivity index (χ0) is 27.9. The number of nitrogens with one attached hydrogen (secondary N) is 2. The van der Waals surface area contributed by atoms with E-state index in [1.54, 1.807) is 13.3 Å². The summed E-state index contributed by atoms with van der Waals surface area (Å²) in [7, 11) is 1.74. The van der Waals surface area contributed by atoms with Gasteiger partial charge in [-0.15, -0.1) is 11.3 Å².